The molecule has 2 aromatic heterocycles. The van der Waals surface area contributed by atoms with Crippen LogP contribution in [0.25, 0.3) is 21.8 Å². The topological polar surface area (TPSA) is 106 Å². The molecule has 4 heterocycles. The molecule has 2 N–H and O–H groups in total. The fourth-order valence-corrected chi connectivity index (χ4v) is 5.78. The summed E-state index contributed by atoms with van der Waals surface area (Å²) in [6.45, 7) is 7.15. The van der Waals surface area contributed by atoms with Crippen LogP contribution in [0.4, 0.5) is 15.8 Å². The van der Waals surface area contributed by atoms with Crippen molar-refractivity contribution in [1.82, 2.24) is 25.1 Å². The maximum Gasteiger partial charge on any atom is 0.316 e. The van der Waals surface area contributed by atoms with Crippen LogP contribution >= 0.6 is 0 Å². The van der Waals surface area contributed by atoms with Gasteiger partial charge >= 0.3 is 6.01 Å². The molecule has 2 aliphatic rings. The number of anilines is 2. The number of hydrogen-bond donors (Lipinski definition) is 2. The Hall–Kier alpha value is -3.83. The lowest BCUT2D eigenvalue weighted by Gasteiger charge is -2.38. The highest BCUT2D eigenvalue weighted by atomic mass is 19.1. The predicted octanol–water partition coefficient (Wildman–Crippen LogP) is 4.04. The van der Waals surface area contributed by atoms with Crippen molar-refractivity contribution >= 4 is 39.1 Å². The van der Waals surface area contributed by atoms with Crippen LogP contribution in [0.3, 0.4) is 0 Å². The number of rotatable bonds is 7. The molecular weight excluding hydrogens is 513 g/mol. The summed E-state index contributed by atoms with van der Waals surface area (Å²) in [4.78, 5) is 25.1. The molecule has 2 aromatic carbocycles. The number of hydrogen-bond acceptors (Lipinski definition) is 8. The van der Waals surface area contributed by atoms with E-state index in [0.717, 1.165) is 50.0 Å². The number of benzene rings is 2. The first-order chi connectivity index (χ1) is 19.3. The zero-order chi connectivity index (χ0) is 27.8. The van der Waals surface area contributed by atoms with E-state index in [-0.39, 0.29) is 17.6 Å². The number of nitrogens with one attached hydrogen (secondary N) is 2. The fraction of sp³-hybridized carbons (Fsp3) is 0.448. The highest BCUT2D eigenvalue weighted by Crippen LogP contribution is 2.31. The molecule has 0 aliphatic carbocycles. The number of halogens is 1. The molecular formula is C29H34FN7O3. The minimum Gasteiger partial charge on any atom is -0.463 e. The van der Waals surface area contributed by atoms with Gasteiger partial charge in [-0.1, -0.05) is 0 Å². The van der Waals surface area contributed by atoms with Crippen LogP contribution in [0.1, 0.15) is 43.5 Å². The van der Waals surface area contributed by atoms with Gasteiger partial charge in [-0.05, 0) is 51.0 Å². The Bertz CT molecular complexity index is 1540. The number of ether oxygens (including phenoxy) is 2. The quantitative estimate of drug-likeness (QED) is 0.357. The highest BCUT2D eigenvalue weighted by molar-refractivity contribution is 6.14. The second-order valence-corrected chi connectivity index (χ2v) is 10.8. The number of aryl methyl sites for hydroxylation is 1. The third-order valence-electron chi connectivity index (χ3n) is 7.48. The van der Waals surface area contributed by atoms with E-state index in [1.807, 2.05) is 6.07 Å². The molecule has 3 unspecified atom stereocenters. The summed E-state index contributed by atoms with van der Waals surface area (Å²) >= 11 is 0. The lowest BCUT2D eigenvalue weighted by molar-refractivity contribution is 0.0889. The molecule has 3 atom stereocenters. The van der Waals surface area contributed by atoms with Gasteiger partial charge < -0.3 is 25.0 Å². The average molecular weight is 548 g/mol. The first kappa shape index (κ1) is 26.4. The Morgan fingerprint density at radius 1 is 1.23 bits per heavy atom. The van der Waals surface area contributed by atoms with Gasteiger partial charge in [-0.3, -0.25) is 9.48 Å². The molecule has 40 heavy (non-hydrogen) atoms. The molecule has 2 fully saturated rings. The van der Waals surface area contributed by atoms with Crippen molar-refractivity contribution < 1.29 is 18.7 Å². The number of carbonyl (C=O) groups excluding carboxylic acids is 1. The Labute approximate surface area is 231 Å². The van der Waals surface area contributed by atoms with Crippen LogP contribution in [-0.2, 0) is 11.8 Å². The molecule has 210 valence electrons. The molecule has 10 nitrogen and oxygen atoms in total. The molecule has 6 rings (SSSR count). The summed E-state index contributed by atoms with van der Waals surface area (Å²) in [5.41, 5.74) is 2.40. The second-order valence-electron chi connectivity index (χ2n) is 10.8. The monoisotopic (exact) mass is 547 g/mol. The average Bonchev–Trinajstić information content (AvgIpc) is 3.56. The molecule has 0 spiro atoms. The lowest BCUT2D eigenvalue weighted by Crippen LogP contribution is -2.54. The first-order valence-electron chi connectivity index (χ1n) is 13.8. The standard InChI is InChI=1S/C29H34FN7O3/c1-17-14-37(15-18(2)32-17)25-7-6-22(28(38)33-20-11-19-16-36(3)35-26(19)24(30)12-20)27-23(25)13-31-29(34-27)40-10-8-21-5-4-9-39-21/h6-7,11-13,16-18,21,32H,4-5,8-10,14-15H2,1-3H3,(H,33,38). The number of piperazine rings is 1. The summed E-state index contributed by atoms with van der Waals surface area (Å²) in [5, 5.41) is 11.9. The van der Waals surface area contributed by atoms with Gasteiger partial charge in [0, 0.05) is 79.8 Å². The summed E-state index contributed by atoms with van der Waals surface area (Å²) in [7, 11) is 1.73. The Morgan fingerprint density at radius 2 is 2.05 bits per heavy atom. The Morgan fingerprint density at radius 3 is 2.83 bits per heavy atom. The fourth-order valence-electron chi connectivity index (χ4n) is 5.78. The van der Waals surface area contributed by atoms with Crippen molar-refractivity contribution in [2.45, 2.75) is 51.3 Å². The van der Waals surface area contributed by atoms with E-state index in [2.05, 4.69) is 39.5 Å². The van der Waals surface area contributed by atoms with Crippen molar-refractivity contribution in [3.63, 3.8) is 0 Å². The van der Waals surface area contributed by atoms with Crippen LogP contribution in [0.2, 0.25) is 0 Å². The third-order valence-corrected chi connectivity index (χ3v) is 7.48. The van der Waals surface area contributed by atoms with Crippen LogP contribution in [0.5, 0.6) is 6.01 Å². The highest BCUT2D eigenvalue weighted by Gasteiger charge is 2.25. The van der Waals surface area contributed by atoms with E-state index in [4.69, 9.17) is 14.5 Å². The smallest absolute Gasteiger partial charge is 0.316 e. The SMILES string of the molecule is CC1CN(c2ccc(C(=O)Nc3cc(F)c4nn(C)cc4c3)c3nc(OCCC4CCCO4)ncc23)CC(C)N1. The van der Waals surface area contributed by atoms with E-state index in [1.165, 1.54) is 6.07 Å². The summed E-state index contributed by atoms with van der Waals surface area (Å²) in [6, 6.07) is 7.52. The van der Waals surface area contributed by atoms with Crippen LogP contribution in [0.15, 0.2) is 36.7 Å². The van der Waals surface area contributed by atoms with Crippen LogP contribution < -0.4 is 20.3 Å². The van der Waals surface area contributed by atoms with E-state index < -0.39 is 11.7 Å². The van der Waals surface area contributed by atoms with Gasteiger partial charge in [0.2, 0.25) is 0 Å². The van der Waals surface area contributed by atoms with Crippen molar-refractivity contribution in [1.29, 1.82) is 0 Å². The molecule has 2 aliphatic heterocycles. The third kappa shape index (κ3) is 5.44. The van der Waals surface area contributed by atoms with E-state index in [0.29, 0.717) is 40.8 Å². The molecule has 2 saturated heterocycles. The normalized spacial score (nSPS) is 21.3. The van der Waals surface area contributed by atoms with Crippen molar-refractivity contribution in [2.24, 2.45) is 7.05 Å². The minimum atomic E-state index is -0.500. The van der Waals surface area contributed by atoms with Gasteiger partial charge in [-0.2, -0.15) is 10.1 Å². The number of amides is 1. The van der Waals surface area contributed by atoms with Crippen LogP contribution in [-0.4, -0.2) is 70.1 Å². The van der Waals surface area contributed by atoms with Crippen LogP contribution in [0, 0.1) is 5.82 Å². The zero-order valence-corrected chi connectivity index (χ0v) is 23.0. The Kier molecular flexibility index (Phi) is 7.24. The summed E-state index contributed by atoms with van der Waals surface area (Å²) in [6.07, 6.45) is 6.49. The van der Waals surface area contributed by atoms with Gasteiger partial charge in [-0.25, -0.2) is 9.37 Å². The summed E-state index contributed by atoms with van der Waals surface area (Å²) in [5.74, 6) is -0.898. The second kappa shape index (κ2) is 11.0. The summed E-state index contributed by atoms with van der Waals surface area (Å²) < 4.78 is 27.8. The van der Waals surface area contributed by atoms with E-state index in [9.17, 15) is 9.18 Å². The molecule has 0 radical (unpaired) electrons. The van der Waals surface area contributed by atoms with Gasteiger partial charge in [0.15, 0.2) is 5.82 Å². The van der Waals surface area contributed by atoms with Gasteiger partial charge in [0.25, 0.3) is 5.91 Å². The van der Waals surface area contributed by atoms with Gasteiger partial charge in [0.1, 0.15) is 5.52 Å². The number of nitrogens with zero attached hydrogens (tertiary/aromatic N) is 5. The van der Waals surface area contributed by atoms with E-state index >= 15 is 0 Å². The minimum absolute atomic E-state index is 0.197. The number of aromatic nitrogens is 4. The van der Waals surface area contributed by atoms with E-state index in [1.54, 1.807) is 36.3 Å². The van der Waals surface area contributed by atoms with Gasteiger partial charge in [-0.15, -0.1) is 0 Å². The first-order valence-corrected chi connectivity index (χ1v) is 13.8. The number of fused-ring (bicyclic) bond motifs is 2. The molecule has 0 bridgehead atoms. The molecule has 1 amide bonds. The van der Waals surface area contributed by atoms with Crippen molar-refractivity contribution in [3.8, 4) is 6.01 Å². The maximum atomic E-state index is 14.7. The molecule has 4 aromatic rings. The number of carbonyl (C=O) groups is 1. The van der Waals surface area contributed by atoms with Gasteiger partial charge in [0.05, 0.1) is 23.8 Å². The predicted molar refractivity (Wildman–Crippen MR) is 152 cm³/mol. The Balaban J connectivity index is 1.33. The molecule has 11 heteroatoms. The largest absolute Gasteiger partial charge is 0.463 e. The molecule has 0 saturated carbocycles. The maximum absolute atomic E-state index is 14.7. The van der Waals surface area contributed by atoms with Crippen molar-refractivity contribution in [2.75, 3.05) is 36.5 Å². The lowest BCUT2D eigenvalue weighted by atomic mass is 10.0. The zero-order valence-electron chi connectivity index (χ0n) is 23.0. The van der Waals surface area contributed by atoms with Crippen molar-refractivity contribution in [3.05, 3.63) is 48.0 Å².